The Hall–Kier alpha value is -2.61. The Kier molecular flexibility index (Phi) is 2.74. The van der Waals surface area contributed by atoms with E-state index < -0.39 is 0 Å². The summed E-state index contributed by atoms with van der Waals surface area (Å²) in [5.74, 6) is 0.0942. The summed E-state index contributed by atoms with van der Waals surface area (Å²) < 4.78 is 0. The van der Waals surface area contributed by atoms with Crippen molar-refractivity contribution in [2.24, 2.45) is 0 Å². The summed E-state index contributed by atoms with van der Waals surface area (Å²) in [6, 6.07) is 22.1. The van der Waals surface area contributed by atoms with Gasteiger partial charge in [-0.05, 0) is 34.9 Å². The average Bonchev–Trinajstić information content (AvgIpc) is 2.98. The molecule has 0 saturated heterocycles. The van der Waals surface area contributed by atoms with Gasteiger partial charge in [-0.3, -0.25) is 4.79 Å². The number of carbonyl (C=O) groups excluding carboxylic acids is 1. The number of rotatable bonds is 1. The third-order valence-electron chi connectivity index (χ3n) is 4.15. The summed E-state index contributed by atoms with van der Waals surface area (Å²) in [4.78, 5) is 14.8. The van der Waals surface area contributed by atoms with Crippen LogP contribution in [0.1, 0.15) is 15.9 Å². The van der Waals surface area contributed by atoms with E-state index in [-0.39, 0.29) is 5.91 Å². The number of fused-ring (bicyclic) bond motifs is 2. The van der Waals surface area contributed by atoms with E-state index in [2.05, 4.69) is 6.07 Å². The molecule has 0 unspecified atom stereocenters. The monoisotopic (exact) mass is 273 g/mol. The van der Waals surface area contributed by atoms with Crippen molar-refractivity contribution < 1.29 is 4.79 Å². The first kappa shape index (κ1) is 12.2. The van der Waals surface area contributed by atoms with Gasteiger partial charge in [-0.1, -0.05) is 54.6 Å². The van der Waals surface area contributed by atoms with Crippen molar-refractivity contribution in [1.29, 1.82) is 0 Å². The Morgan fingerprint density at radius 1 is 0.857 bits per heavy atom. The van der Waals surface area contributed by atoms with Crippen LogP contribution in [0, 0.1) is 0 Å². The maximum absolute atomic E-state index is 12.9. The van der Waals surface area contributed by atoms with Gasteiger partial charge in [0.25, 0.3) is 5.91 Å². The van der Waals surface area contributed by atoms with E-state index in [1.165, 1.54) is 5.56 Å². The molecule has 21 heavy (non-hydrogen) atoms. The van der Waals surface area contributed by atoms with Crippen LogP contribution >= 0.6 is 0 Å². The van der Waals surface area contributed by atoms with E-state index in [0.29, 0.717) is 0 Å². The average molecular weight is 273 g/mol. The first-order valence-corrected chi connectivity index (χ1v) is 7.22. The fourth-order valence-corrected chi connectivity index (χ4v) is 3.11. The molecule has 1 aliphatic rings. The number of carbonyl (C=O) groups is 1. The quantitative estimate of drug-likeness (QED) is 0.655. The van der Waals surface area contributed by atoms with Crippen LogP contribution in [0.5, 0.6) is 0 Å². The maximum atomic E-state index is 12.9. The van der Waals surface area contributed by atoms with Gasteiger partial charge in [-0.25, -0.2) is 0 Å². The molecule has 0 spiro atoms. The predicted octanol–water partition coefficient (Wildman–Crippen LogP) is 4.04. The van der Waals surface area contributed by atoms with Crippen molar-refractivity contribution in [3.05, 3.63) is 77.9 Å². The van der Waals surface area contributed by atoms with Crippen LogP contribution in [0.25, 0.3) is 10.8 Å². The minimum Gasteiger partial charge on any atom is -0.308 e. The minimum absolute atomic E-state index is 0.0942. The smallest absolute Gasteiger partial charge is 0.258 e. The van der Waals surface area contributed by atoms with Gasteiger partial charge in [0.05, 0.1) is 0 Å². The molecular formula is C19H15NO. The van der Waals surface area contributed by atoms with Gasteiger partial charge >= 0.3 is 0 Å². The fourth-order valence-electron chi connectivity index (χ4n) is 3.11. The van der Waals surface area contributed by atoms with E-state index in [1.807, 2.05) is 65.6 Å². The Bertz CT molecular complexity index is 832. The highest BCUT2D eigenvalue weighted by molar-refractivity contribution is 6.14. The molecule has 3 aromatic rings. The Morgan fingerprint density at radius 3 is 2.57 bits per heavy atom. The molecule has 0 bridgehead atoms. The zero-order chi connectivity index (χ0) is 14.2. The summed E-state index contributed by atoms with van der Waals surface area (Å²) in [5, 5.41) is 2.13. The number of anilines is 1. The zero-order valence-electron chi connectivity index (χ0n) is 11.6. The number of nitrogens with zero attached hydrogens (tertiary/aromatic N) is 1. The summed E-state index contributed by atoms with van der Waals surface area (Å²) in [5.41, 5.74) is 3.09. The molecule has 1 heterocycles. The van der Waals surface area contributed by atoms with Crippen LogP contribution in [0.4, 0.5) is 5.69 Å². The van der Waals surface area contributed by atoms with Crippen LogP contribution in [0.2, 0.25) is 0 Å². The molecule has 2 nitrogen and oxygen atoms in total. The van der Waals surface area contributed by atoms with Gasteiger partial charge in [0.15, 0.2) is 0 Å². The molecule has 0 N–H and O–H groups in total. The van der Waals surface area contributed by atoms with Crippen LogP contribution in [-0.4, -0.2) is 12.5 Å². The van der Waals surface area contributed by atoms with E-state index >= 15 is 0 Å². The highest BCUT2D eigenvalue weighted by Crippen LogP contribution is 2.30. The second-order valence-electron chi connectivity index (χ2n) is 5.36. The van der Waals surface area contributed by atoms with Crippen molar-refractivity contribution in [3.63, 3.8) is 0 Å². The number of para-hydroxylation sites is 1. The Morgan fingerprint density at radius 2 is 1.62 bits per heavy atom. The van der Waals surface area contributed by atoms with E-state index in [0.717, 1.165) is 35.0 Å². The lowest BCUT2D eigenvalue weighted by molar-refractivity contribution is 0.0991. The number of hydrogen-bond acceptors (Lipinski definition) is 1. The molecular weight excluding hydrogens is 258 g/mol. The van der Waals surface area contributed by atoms with Gasteiger partial charge in [0.1, 0.15) is 0 Å². The lowest BCUT2D eigenvalue weighted by Crippen LogP contribution is -2.29. The lowest BCUT2D eigenvalue weighted by atomic mass is 10.0. The highest BCUT2D eigenvalue weighted by Gasteiger charge is 2.25. The predicted molar refractivity (Wildman–Crippen MR) is 85.8 cm³/mol. The molecule has 2 heteroatoms. The molecule has 102 valence electrons. The Labute approximate surface area is 123 Å². The lowest BCUT2D eigenvalue weighted by Gasteiger charge is -2.18. The summed E-state index contributed by atoms with van der Waals surface area (Å²) >= 11 is 0. The maximum Gasteiger partial charge on any atom is 0.258 e. The first-order chi connectivity index (χ1) is 10.3. The van der Waals surface area contributed by atoms with Gasteiger partial charge in [0, 0.05) is 17.8 Å². The van der Waals surface area contributed by atoms with E-state index in [9.17, 15) is 4.79 Å². The normalized spacial score (nSPS) is 13.4. The minimum atomic E-state index is 0.0942. The largest absolute Gasteiger partial charge is 0.308 e. The number of hydrogen-bond donors (Lipinski definition) is 0. The third kappa shape index (κ3) is 1.91. The molecule has 0 saturated carbocycles. The topological polar surface area (TPSA) is 20.3 Å². The molecule has 1 amide bonds. The molecule has 0 aliphatic carbocycles. The third-order valence-corrected chi connectivity index (χ3v) is 4.15. The van der Waals surface area contributed by atoms with Gasteiger partial charge in [-0.2, -0.15) is 0 Å². The second kappa shape index (κ2) is 4.74. The van der Waals surface area contributed by atoms with Crippen molar-refractivity contribution in [2.75, 3.05) is 11.4 Å². The van der Waals surface area contributed by atoms with Crippen LogP contribution in [-0.2, 0) is 6.42 Å². The van der Waals surface area contributed by atoms with Gasteiger partial charge < -0.3 is 4.90 Å². The SMILES string of the molecule is O=C(c1cccc2ccccc12)N1CCc2ccccc21. The Balaban J connectivity index is 1.82. The number of amides is 1. The molecule has 0 fully saturated rings. The summed E-state index contributed by atoms with van der Waals surface area (Å²) in [7, 11) is 0. The van der Waals surface area contributed by atoms with Crippen molar-refractivity contribution in [2.45, 2.75) is 6.42 Å². The van der Waals surface area contributed by atoms with Gasteiger partial charge in [-0.15, -0.1) is 0 Å². The molecule has 4 rings (SSSR count). The molecule has 3 aromatic carbocycles. The number of benzene rings is 3. The van der Waals surface area contributed by atoms with Crippen molar-refractivity contribution >= 4 is 22.4 Å². The van der Waals surface area contributed by atoms with Crippen LogP contribution in [0.15, 0.2) is 66.7 Å². The van der Waals surface area contributed by atoms with Crippen molar-refractivity contribution in [3.8, 4) is 0 Å². The molecule has 0 atom stereocenters. The first-order valence-electron chi connectivity index (χ1n) is 7.22. The van der Waals surface area contributed by atoms with Crippen LogP contribution < -0.4 is 4.90 Å². The van der Waals surface area contributed by atoms with Crippen molar-refractivity contribution in [1.82, 2.24) is 0 Å². The second-order valence-corrected chi connectivity index (χ2v) is 5.36. The van der Waals surface area contributed by atoms with E-state index in [1.54, 1.807) is 0 Å². The summed E-state index contributed by atoms with van der Waals surface area (Å²) in [6.45, 7) is 0.765. The molecule has 0 radical (unpaired) electrons. The summed E-state index contributed by atoms with van der Waals surface area (Å²) in [6.07, 6.45) is 0.937. The molecule has 1 aliphatic heterocycles. The van der Waals surface area contributed by atoms with E-state index in [4.69, 9.17) is 0 Å². The molecule has 0 aromatic heterocycles. The standard InChI is InChI=1S/C19H15NO/c21-19(20-13-12-15-7-2-4-11-18(15)20)17-10-5-8-14-6-1-3-9-16(14)17/h1-11H,12-13H2. The zero-order valence-corrected chi connectivity index (χ0v) is 11.6. The highest BCUT2D eigenvalue weighted by atomic mass is 16.2. The fraction of sp³-hybridized carbons (Fsp3) is 0.105. The van der Waals surface area contributed by atoms with Crippen LogP contribution in [0.3, 0.4) is 0 Å². The van der Waals surface area contributed by atoms with Gasteiger partial charge in [0.2, 0.25) is 0 Å².